The zero-order valence-corrected chi connectivity index (χ0v) is 8.56. The first-order valence-electron chi connectivity index (χ1n) is 4.56. The molecule has 1 amide bonds. The molecule has 0 saturated carbocycles. The number of carbonyl (C=O) groups excluding carboxylic acids is 1. The van der Waals surface area contributed by atoms with E-state index in [1.165, 1.54) is 0 Å². The second-order valence-electron chi connectivity index (χ2n) is 3.21. The van der Waals surface area contributed by atoms with Gasteiger partial charge < -0.3 is 10.6 Å². The van der Waals surface area contributed by atoms with Gasteiger partial charge in [0.25, 0.3) is 0 Å². The monoisotopic (exact) mass is 210 g/mol. The molecule has 14 heavy (non-hydrogen) atoms. The fourth-order valence-corrected chi connectivity index (χ4v) is 1.82. The highest BCUT2D eigenvalue weighted by Crippen LogP contribution is 2.32. The highest BCUT2D eigenvalue weighted by Gasteiger charge is 2.29. The van der Waals surface area contributed by atoms with Gasteiger partial charge in [-0.15, -0.1) is 0 Å². The second kappa shape index (κ2) is 3.59. The molecule has 74 valence electrons. The van der Waals surface area contributed by atoms with E-state index in [2.05, 4.69) is 10.6 Å². The highest BCUT2D eigenvalue weighted by molar-refractivity contribution is 6.31. The van der Waals surface area contributed by atoms with Crippen molar-refractivity contribution in [2.75, 3.05) is 11.9 Å². The summed E-state index contributed by atoms with van der Waals surface area (Å²) in [7, 11) is 0. The van der Waals surface area contributed by atoms with Crippen LogP contribution >= 0.6 is 11.6 Å². The van der Waals surface area contributed by atoms with Crippen molar-refractivity contribution in [1.29, 1.82) is 0 Å². The number of fused-ring (bicyclic) bond motifs is 1. The van der Waals surface area contributed by atoms with Gasteiger partial charge in [0, 0.05) is 16.3 Å². The molecule has 0 fully saturated rings. The summed E-state index contributed by atoms with van der Waals surface area (Å²) in [4.78, 5) is 11.5. The molecule has 1 heterocycles. The Hall–Kier alpha value is -1.06. The third kappa shape index (κ3) is 1.49. The van der Waals surface area contributed by atoms with Crippen LogP contribution in [0.3, 0.4) is 0 Å². The molecule has 4 heteroatoms. The van der Waals surface area contributed by atoms with E-state index in [1.54, 1.807) is 6.07 Å². The molecule has 2 rings (SSSR count). The minimum atomic E-state index is -0.256. The SMILES string of the molecule is CCNC1C(=O)Nc2ccc(Cl)cc21. The van der Waals surface area contributed by atoms with Gasteiger partial charge in [0.1, 0.15) is 6.04 Å². The fourth-order valence-electron chi connectivity index (χ4n) is 1.64. The Balaban J connectivity index is 2.39. The smallest absolute Gasteiger partial charge is 0.246 e. The summed E-state index contributed by atoms with van der Waals surface area (Å²) in [5.74, 6) is -0.0101. The molecule has 3 nitrogen and oxygen atoms in total. The highest BCUT2D eigenvalue weighted by atomic mass is 35.5. The van der Waals surface area contributed by atoms with Crippen molar-refractivity contribution in [1.82, 2.24) is 5.32 Å². The molecular weight excluding hydrogens is 200 g/mol. The minimum Gasteiger partial charge on any atom is -0.324 e. The average molecular weight is 211 g/mol. The lowest BCUT2D eigenvalue weighted by Gasteiger charge is -2.08. The molecule has 0 spiro atoms. The Morgan fingerprint density at radius 3 is 3.07 bits per heavy atom. The normalized spacial score (nSPS) is 19.3. The number of rotatable bonds is 2. The number of carbonyl (C=O) groups is 1. The van der Waals surface area contributed by atoms with Gasteiger partial charge in [-0.2, -0.15) is 0 Å². The van der Waals surface area contributed by atoms with Crippen LogP contribution in [0.1, 0.15) is 18.5 Å². The summed E-state index contributed by atoms with van der Waals surface area (Å²) in [6, 6.07) is 5.16. The maximum atomic E-state index is 11.5. The molecule has 0 aliphatic carbocycles. The van der Waals surface area contributed by atoms with Crippen molar-refractivity contribution in [2.45, 2.75) is 13.0 Å². The predicted molar refractivity (Wildman–Crippen MR) is 56.5 cm³/mol. The first kappa shape index (κ1) is 9.49. The Bertz CT molecular complexity index is 378. The van der Waals surface area contributed by atoms with Gasteiger partial charge in [-0.1, -0.05) is 18.5 Å². The Kier molecular flexibility index (Phi) is 2.44. The van der Waals surface area contributed by atoms with E-state index < -0.39 is 0 Å². The zero-order valence-electron chi connectivity index (χ0n) is 7.80. The summed E-state index contributed by atoms with van der Waals surface area (Å²) in [5.41, 5.74) is 1.79. The van der Waals surface area contributed by atoms with E-state index in [1.807, 2.05) is 19.1 Å². The Morgan fingerprint density at radius 1 is 1.57 bits per heavy atom. The molecule has 0 bridgehead atoms. The minimum absolute atomic E-state index is 0.0101. The number of halogens is 1. The predicted octanol–water partition coefficient (Wildman–Crippen LogP) is 1.94. The van der Waals surface area contributed by atoms with E-state index in [-0.39, 0.29) is 11.9 Å². The van der Waals surface area contributed by atoms with Crippen LogP contribution < -0.4 is 10.6 Å². The summed E-state index contributed by atoms with van der Waals surface area (Å²) >= 11 is 5.87. The van der Waals surface area contributed by atoms with E-state index in [0.29, 0.717) is 5.02 Å². The molecule has 1 aromatic rings. The third-order valence-corrected chi connectivity index (χ3v) is 2.49. The molecule has 1 aliphatic rings. The Morgan fingerprint density at radius 2 is 2.36 bits per heavy atom. The number of nitrogens with one attached hydrogen (secondary N) is 2. The van der Waals surface area contributed by atoms with Gasteiger partial charge in [-0.25, -0.2) is 0 Å². The molecular formula is C10H11ClN2O. The summed E-state index contributed by atoms with van der Waals surface area (Å²) in [5, 5.41) is 6.56. The lowest BCUT2D eigenvalue weighted by Crippen LogP contribution is -2.27. The fraction of sp³-hybridized carbons (Fsp3) is 0.300. The molecule has 1 unspecified atom stereocenters. The first-order valence-corrected chi connectivity index (χ1v) is 4.94. The van der Waals surface area contributed by atoms with Gasteiger partial charge in [0.2, 0.25) is 5.91 Å². The van der Waals surface area contributed by atoms with Crippen LogP contribution in [0.2, 0.25) is 5.02 Å². The zero-order chi connectivity index (χ0) is 10.1. The third-order valence-electron chi connectivity index (χ3n) is 2.25. The number of amides is 1. The van der Waals surface area contributed by atoms with E-state index in [9.17, 15) is 4.79 Å². The molecule has 0 saturated heterocycles. The molecule has 0 aromatic heterocycles. The standard InChI is InChI=1S/C10H11ClN2O/c1-2-12-9-7-5-6(11)3-4-8(7)13-10(9)14/h3-5,9,12H,2H2,1H3,(H,13,14). The van der Waals surface area contributed by atoms with Crippen LogP contribution in [0.15, 0.2) is 18.2 Å². The van der Waals surface area contributed by atoms with Crippen molar-refractivity contribution in [3.63, 3.8) is 0 Å². The molecule has 1 aromatic carbocycles. The lowest BCUT2D eigenvalue weighted by atomic mass is 10.1. The van der Waals surface area contributed by atoms with Gasteiger partial charge >= 0.3 is 0 Å². The van der Waals surface area contributed by atoms with E-state index in [0.717, 1.165) is 17.8 Å². The summed E-state index contributed by atoms with van der Waals surface area (Å²) in [6.45, 7) is 2.72. The molecule has 2 N–H and O–H groups in total. The first-order chi connectivity index (χ1) is 6.72. The quantitative estimate of drug-likeness (QED) is 0.784. The number of anilines is 1. The van der Waals surface area contributed by atoms with Crippen molar-refractivity contribution < 1.29 is 4.79 Å². The Labute approximate surface area is 87.4 Å². The van der Waals surface area contributed by atoms with Crippen molar-refractivity contribution in [3.8, 4) is 0 Å². The van der Waals surface area contributed by atoms with Gasteiger partial charge in [0.05, 0.1) is 0 Å². The maximum Gasteiger partial charge on any atom is 0.246 e. The van der Waals surface area contributed by atoms with Crippen LogP contribution in [0.25, 0.3) is 0 Å². The molecule has 1 aliphatic heterocycles. The summed E-state index contributed by atoms with van der Waals surface area (Å²) in [6.07, 6.45) is 0. The maximum absolute atomic E-state index is 11.5. The van der Waals surface area contributed by atoms with E-state index in [4.69, 9.17) is 11.6 Å². The van der Waals surface area contributed by atoms with Crippen LogP contribution in [0, 0.1) is 0 Å². The van der Waals surface area contributed by atoms with E-state index >= 15 is 0 Å². The van der Waals surface area contributed by atoms with Crippen LogP contribution in [0.4, 0.5) is 5.69 Å². The molecule has 0 radical (unpaired) electrons. The second-order valence-corrected chi connectivity index (χ2v) is 3.65. The van der Waals surface area contributed by atoms with Crippen molar-refractivity contribution in [2.24, 2.45) is 0 Å². The summed E-state index contributed by atoms with van der Waals surface area (Å²) < 4.78 is 0. The lowest BCUT2D eigenvalue weighted by molar-refractivity contribution is -0.117. The van der Waals surface area contributed by atoms with Crippen molar-refractivity contribution in [3.05, 3.63) is 28.8 Å². The number of hydrogen-bond acceptors (Lipinski definition) is 2. The largest absolute Gasteiger partial charge is 0.324 e. The topological polar surface area (TPSA) is 41.1 Å². The number of likely N-dealkylation sites (N-methyl/N-ethyl adjacent to an activating group) is 1. The number of benzene rings is 1. The van der Waals surface area contributed by atoms with Crippen LogP contribution in [-0.4, -0.2) is 12.5 Å². The molecule has 1 atom stereocenters. The average Bonchev–Trinajstić information content (AvgIpc) is 2.45. The van der Waals surface area contributed by atoms with Gasteiger partial charge in [0.15, 0.2) is 0 Å². The van der Waals surface area contributed by atoms with Gasteiger partial charge in [-0.3, -0.25) is 4.79 Å². The van der Waals surface area contributed by atoms with Gasteiger partial charge in [-0.05, 0) is 24.7 Å². The number of hydrogen-bond donors (Lipinski definition) is 2. The van der Waals surface area contributed by atoms with Crippen LogP contribution in [0.5, 0.6) is 0 Å². The van der Waals surface area contributed by atoms with Crippen LogP contribution in [-0.2, 0) is 4.79 Å². The van der Waals surface area contributed by atoms with Crippen molar-refractivity contribution >= 4 is 23.2 Å².